The van der Waals surface area contributed by atoms with Gasteiger partial charge < -0.3 is 5.32 Å². The highest BCUT2D eigenvalue weighted by Crippen LogP contribution is 2.26. The van der Waals surface area contributed by atoms with Crippen LogP contribution in [0.4, 0.5) is 14.6 Å². The van der Waals surface area contributed by atoms with Crippen LogP contribution in [-0.2, 0) is 0 Å². The Kier molecular flexibility index (Phi) is 3.41. The molecule has 2 heterocycles. The number of nitrogens with one attached hydrogen (secondary N) is 1. The Bertz CT molecular complexity index is 340. The predicted octanol–water partition coefficient (Wildman–Crippen LogP) is 2.67. The van der Waals surface area contributed by atoms with Crippen LogP contribution in [0, 0.1) is 11.6 Å². The first-order valence-corrected chi connectivity index (χ1v) is 5.97. The third kappa shape index (κ3) is 2.81. The summed E-state index contributed by atoms with van der Waals surface area (Å²) in [5.74, 6) is 0.0428. The number of thioether (sulfide) groups is 1. The molecule has 5 heteroatoms. The van der Waals surface area contributed by atoms with Crippen LogP contribution in [-0.4, -0.2) is 22.5 Å². The molecule has 1 aliphatic rings. The molecule has 0 saturated carbocycles. The van der Waals surface area contributed by atoms with Gasteiger partial charge in [-0.2, -0.15) is 11.8 Å². The van der Waals surface area contributed by atoms with Gasteiger partial charge in [0, 0.05) is 17.9 Å². The molecule has 0 spiro atoms. The summed E-state index contributed by atoms with van der Waals surface area (Å²) in [6.07, 6.45) is 3.39. The van der Waals surface area contributed by atoms with Crippen molar-refractivity contribution in [1.29, 1.82) is 0 Å². The summed E-state index contributed by atoms with van der Waals surface area (Å²) in [5, 5.41) is 3.43. The minimum absolute atomic E-state index is 0.143. The topological polar surface area (TPSA) is 24.9 Å². The van der Waals surface area contributed by atoms with Gasteiger partial charge in [0.25, 0.3) is 0 Å². The predicted molar refractivity (Wildman–Crippen MR) is 58.1 cm³/mol. The molecule has 1 N–H and O–H groups in total. The molecule has 1 aliphatic heterocycles. The van der Waals surface area contributed by atoms with Gasteiger partial charge in [-0.05, 0) is 18.6 Å². The minimum Gasteiger partial charge on any atom is -0.367 e. The van der Waals surface area contributed by atoms with E-state index in [1.807, 2.05) is 11.8 Å². The highest BCUT2D eigenvalue weighted by molar-refractivity contribution is 8.00. The number of nitrogens with zero attached hydrogens (tertiary/aromatic N) is 1. The van der Waals surface area contributed by atoms with Gasteiger partial charge >= 0.3 is 0 Å². The minimum atomic E-state index is -0.645. The second kappa shape index (κ2) is 4.79. The molecular weight excluding hydrogens is 218 g/mol. The molecule has 1 aromatic rings. The van der Waals surface area contributed by atoms with E-state index < -0.39 is 11.6 Å². The van der Waals surface area contributed by atoms with Crippen molar-refractivity contribution < 1.29 is 8.78 Å². The molecule has 0 aromatic carbocycles. The van der Waals surface area contributed by atoms with Crippen molar-refractivity contribution in [2.45, 2.75) is 18.1 Å². The average molecular weight is 230 g/mol. The van der Waals surface area contributed by atoms with Crippen molar-refractivity contribution >= 4 is 17.6 Å². The lowest BCUT2D eigenvalue weighted by molar-refractivity contribution is 0.575. The third-order valence-electron chi connectivity index (χ3n) is 2.33. The van der Waals surface area contributed by atoms with Gasteiger partial charge in [-0.1, -0.05) is 0 Å². The quantitative estimate of drug-likeness (QED) is 0.864. The van der Waals surface area contributed by atoms with Crippen molar-refractivity contribution in [1.82, 2.24) is 4.98 Å². The maximum absolute atomic E-state index is 13.2. The zero-order valence-corrected chi connectivity index (χ0v) is 8.99. The van der Waals surface area contributed by atoms with Crippen LogP contribution in [0.3, 0.4) is 0 Å². The lowest BCUT2D eigenvalue weighted by Gasteiger charge is -2.10. The SMILES string of the molecule is Fc1cnc(NCC2CCCS2)c(F)c1. The molecular formula is C10H12F2N2S. The van der Waals surface area contributed by atoms with Crippen molar-refractivity contribution in [3.8, 4) is 0 Å². The van der Waals surface area contributed by atoms with E-state index in [9.17, 15) is 8.78 Å². The number of hydrogen-bond acceptors (Lipinski definition) is 3. The molecule has 1 aromatic heterocycles. The summed E-state index contributed by atoms with van der Waals surface area (Å²) in [4.78, 5) is 3.67. The molecule has 15 heavy (non-hydrogen) atoms. The first kappa shape index (κ1) is 10.7. The number of hydrogen-bond donors (Lipinski definition) is 1. The highest BCUT2D eigenvalue weighted by atomic mass is 32.2. The van der Waals surface area contributed by atoms with Gasteiger partial charge in [0.2, 0.25) is 0 Å². The Morgan fingerprint density at radius 1 is 1.53 bits per heavy atom. The number of aromatic nitrogens is 1. The second-order valence-corrected chi connectivity index (χ2v) is 4.91. The van der Waals surface area contributed by atoms with E-state index in [1.54, 1.807) is 0 Å². The fourth-order valence-corrected chi connectivity index (χ4v) is 2.76. The third-order valence-corrected chi connectivity index (χ3v) is 3.73. The zero-order valence-electron chi connectivity index (χ0n) is 8.17. The maximum atomic E-state index is 13.2. The Morgan fingerprint density at radius 2 is 2.40 bits per heavy atom. The van der Waals surface area contributed by atoms with E-state index >= 15 is 0 Å². The van der Waals surface area contributed by atoms with Crippen LogP contribution < -0.4 is 5.32 Å². The Balaban J connectivity index is 1.92. The fraction of sp³-hybridized carbons (Fsp3) is 0.500. The van der Waals surface area contributed by atoms with Gasteiger partial charge in [-0.3, -0.25) is 0 Å². The van der Waals surface area contributed by atoms with Gasteiger partial charge in [-0.25, -0.2) is 13.8 Å². The van der Waals surface area contributed by atoms with Crippen molar-refractivity contribution in [2.75, 3.05) is 17.6 Å². The Labute approximate surface area is 91.5 Å². The molecule has 0 aliphatic carbocycles. The van der Waals surface area contributed by atoms with E-state index in [0.29, 0.717) is 11.8 Å². The van der Waals surface area contributed by atoms with E-state index in [-0.39, 0.29) is 5.82 Å². The van der Waals surface area contributed by atoms with Crippen LogP contribution in [0.2, 0.25) is 0 Å². The van der Waals surface area contributed by atoms with Crippen molar-refractivity contribution in [2.24, 2.45) is 0 Å². The molecule has 1 saturated heterocycles. The molecule has 0 bridgehead atoms. The van der Waals surface area contributed by atoms with E-state index in [4.69, 9.17) is 0 Å². The van der Waals surface area contributed by atoms with Crippen LogP contribution in [0.15, 0.2) is 12.3 Å². The van der Waals surface area contributed by atoms with Crippen LogP contribution in [0.1, 0.15) is 12.8 Å². The number of rotatable bonds is 3. The van der Waals surface area contributed by atoms with Crippen LogP contribution in [0.5, 0.6) is 0 Å². The monoisotopic (exact) mass is 230 g/mol. The summed E-state index contributed by atoms with van der Waals surface area (Å²) in [6, 6.07) is 0.844. The van der Waals surface area contributed by atoms with Gasteiger partial charge in [0.05, 0.1) is 6.20 Å². The van der Waals surface area contributed by atoms with Crippen molar-refractivity contribution in [3.05, 3.63) is 23.9 Å². The molecule has 82 valence electrons. The van der Waals surface area contributed by atoms with Gasteiger partial charge in [0.15, 0.2) is 11.6 Å². The molecule has 1 fully saturated rings. The fourth-order valence-electron chi connectivity index (χ4n) is 1.56. The number of anilines is 1. The van der Waals surface area contributed by atoms with E-state index in [1.165, 1.54) is 12.2 Å². The molecule has 2 rings (SSSR count). The molecule has 2 nitrogen and oxygen atoms in total. The molecule has 0 radical (unpaired) electrons. The summed E-state index contributed by atoms with van der Waals surface area (Å²) < 4.78 is 25.7. The maximum Gasteiger partial charge on any atom is 0.168 e. The van der Waals surface area contributed by atoms with Gasteiger partial charge in [-0.15, -0.1) is 0 Å². The largest absolute Gasteiger partial charge is 0.367 e. The standard InChI is InChI=1S/C10H12F2N2S/c11-7-4-9(12)10(13-5-7)14-6-8-2-1-3-15-8/h4-5,8H,1-3,6H2,(H,13,14). The van der Waals surface area contributed by atoms with Gasteiger partial charge in [0.1, 0.15) is 5.82 Å². The van der Waals surface area contributed by atoms with E-state index in [2.05, 4.69) is 10.3 Å². The summed E-state index contributed by atoms with van der Waals surface area (Å²) in [7, 11) is 0. The first-order valence-electron chi connectivity index (χ1n) is 4.92. The zero-order chi connectivity index (χ0) is 10.7. The lowest BCUT2D eigenvalue weighted by Crippen LogP contribution is -2.15. The Morgan fingerprint density at radius 3 is 3.07 bits per heavy atom. The number of halogens is 2. The highest BCUT2D eigenvalue weighted by Gasteiger charge is 2.16. The summed E-state index contributed by atoms with van der Waals surface area (Å²) in [6.45, 7) is 0.695. The first-order chi connectivity index (χ1) is 7.25. The molecule has 1 unspecified atom stereocenters. The smallest absolute Gasteiger partial charge is 0.168 e. The lowest BCUT2D eigenvalue weighted by atomic mass is 10.2. The average Bonchev–Trinajstić information content (AvgIpc) is 2.69. The van der Waals surface area contributed by atoms with Crippen LogP contribution >= 0.6 is 11.8 Å². The summed E-state index contributed by atoms with van der Waals surface area (Å²) in [5.41, 5.74) is 0. The van der Waals surface area contributed by atoms with Crippen molar-refractivity contribution in [3.63, 3.8) is 0 Å². The van der Waals surface area contributed by atoms with E-state index in [0.717, 1.165) is 18.7 Å². The summed E-state index contributed by atoms with van der Waals surface area (Å²) >= 11 is 1.88. The molecule has 1 atom stereocenters. The molecule has 0 amide bonds. The Hall–Kier alpha value is -0.840. The normalized spacial score (nSPS) is 20.5. The second-order valence-electron chi connectivity index (χ2n) is 3.50. The van der Waals surface area contributed by atoms with Crippen LogP contribution in [0.25, 0.3) is 0 Å². The number of pyridine rings is 1.